The number of carbonyl (C=O) groups is 1. The number of anilines is 1. The van der Waals surface area contributed by atoms with Gasteiger partial charge in [0.1, 0.15) is 11.3 Å². The number of nitrogens with zero attached hydrogens (tertiary/aromatic N) is 3. The van der Waals surface area contributed by atoms with Crippen LogP contribution in [0, 0.1) is 11.6 Å². The molecule has 1 aliphatic rings. The zero-order valence-corrected chi connectivity index (χ0v) is 18.7. The molecule has 0 saturated carbocycles. The van der Waals surface area contributed by atoms with Gasteiger partial charge in [0.25, 0.3) is 5.91 Å². The fourth-order valence-electron chi connectivity index (χ4n) is 3.43. The van der Waals surface area contributed by atoms with Crippen molar-refractivity contribution in [1.82, 2.24) is 9.88 Å². The standard InChI is InChI=1S/C21H19Cl2F2N3O2S/c22-13-2-3-16(23)15(10-13)20(29)28(5-1-4-27-6-8-30-9-7-27)21-26-19-17(25)11-14(24)12-18(19)31-21/h2-3,10-12H,1,4-9H2. The number of amides is 1. The molecule has 5 nitrogen and oxygen atoms in total. The van der Waals surface area contributed by atoms with Crippen LogP contribution in [0.25, 0.3) is 10.2 Å². The summed E-state index contributed by atoms with van der Waals surface area (Å²) in [5, 5.41) is 0.909. The number of hydrogen-bond donors (Lipinski definition) is 0. The van der Waals surface area contributed by atoms with Crippen LogP contribution < -0.4 is 4.90 Å². The normalized spacial score (nSPS) is 14.8. The zero-order chi connectivity index (χ0) is 22.0. The Labute approximate surface area is 192 Å². The van der Waals surface area contributed by atoms with E-state index in [1.807, 2.05) is 0 Å². The van der Waals surface area contributed by atoms with Gasteiger partial charge in [-0.3, -0.25) is 14.6 Å². The summed E-state index contributed by atoms with van der Waals surface area (Å²) in [6.07, 6.45) is 0.663. The number of carbonyl (C=O) groups excluding carboxylic acids is 1. The van der Waals surface area contributed by atoms with Crippen LogP contribution in [-0.2, 0) is 4.74 Å². The molecule has 0 aliphatic carbocycles. The predicted octanol–water partition coefficient (Wildman–Crippen LogP) is 5.25. The second-order valence-corrected chi connectivity index (χ2v) is 8.97. The third-order valence-corrected chi connectivity index (χ3v) is 6.59. The van der Waals surface area contributed by atoms with Gasteiger partial charge in [0.2, 0.25) is 0 Å². The van der Waals surface area contributed by atoms with E-state index in [2.05, 4.69) is 9.88 Å². The fourth-order valence-corrected chi connectivity index (χ4v) is 4.83. The van der Waals surface area contributed by atoms with Crippen LogP contribution in [0.4, 0.5) is 13.9 Å². The first-order valence-corrected chi connectivity index (χ1v) is 11.3. The molecule has 1 saturated heterocycles. The highest BCUT2D eigenvalue weighted by Crippen LogP contribution is 2.33. The van der Waals surface area contributed by atoms with Gasteiger partial charge < -0.3 is 4.74 Å². The van der Waals surface area contributed by atoms with E-state index in [1.54, 1.807) is 12.1 Å². The summed E-state index contributed by atoms with van der Waals surface area (Å²) in [4.78, 5) is 21.4. The van der Waals surface area contributed by atoms with Crippen molar-refractivity contribution < 1.29 is 18.3 Å². The molecule has 1 fully saturated rings. The molecule has 0 spiro atoms. The Morgan fingerprint density at radius 1 is 1.19 bits per heavy atom. The number of benzene rings is 2. The van der Waals surface area contributed by atoms with Gasteiger partial charge in [0, 0.05) is 37.3 Å². The summed E-state index contributed by atoms with van der Waals surface area (Å²) >= 11 is 13.4. The fraction of sp³-hybridized carbons (Fsp3) is 0.333. The van der Waals surface area contributed by atoms with Crippen LogP contribution >= 0.6 is 34.5 Å². The predicted molar refractivity (Wildman–Crippen MR) is 120 cm³/mol. The topological polar surface area (TPSA) is 45.7 Å². The monoisotopic (exact) mass is 485 g/mol. The number of ether oxygens (including phenoxy) is 1. The molecule has 2 aromatic carbocycles. The maximum atomic E-state index is 14.2. The van der Waals surface area contributed by atoms with Crippen molar-refractivity contribution in [3.05, 3.63) is 57.6 Å². The van der Waals surface area contributed by atoms with Gasteiger partial charge >= 0.3 is 0 Å². The average Bonchev–Trinajstić information content (AvgIpc) is 3.17. The van der Waals surface area contributed by atoms with Gasteiger partial charge in [-0.05, 0) is 30.7 Å². The second kappa shape index (κ2) is 9.75. The maximum Gasteiger partial charge on any atom is 0.261 e. The lowest BCUT2D eigenvalue weighted by atomic mass is 10.2. The molecule has 2 heterocycles. The Hall–Kier alpha value is -1.84. The summed E-state index contributed by atoms with van der Waals surface area (Å²) in [6, 6.07) is 6.64. The molecular formula is C21H19Cl2F2N3O2S. The van der Waals surface area contributed by atoms with E-state index in [1.165, 1.54) is 17.0 Å². The lowest BCUT2D eigenvalue weighted by Crippen LogP contribution is -2.39. The second-order valence-electron chi connectivity index (χ2n) is 7.12. The van der Waals surface area contributed by atoms with Crippen LogP contribution in [0.5, 0.6) is 0 Å². The third kappa shape index (κ3) is 5.15. The largest absolute Gasteiger partial charge is 0.379 e. The minimum absolute atomic E-state index is 0.0320. The van der Waals surface area contributed by atoms with Crippen molar-refractivity contribution in [1.29, 1.82) is 0 Å². The summed E-state index contributed by atoms with van der Waals surface area (Å²) in [7, 11) is 0. The molecule has 1 aliphatic heterocycles. The first kappa shape index (κ1) is 22.4. The molecule has 164 valence electrons. The summed E-state index contributed by atoms with van der Waals surface area (Å²) in [5.41, 5.74) is 0.260. The van der Waals surface area contributed by atoms with Crippen LogP contribution in [-0.4, -0.2) is 55.2 Å². The first-order valence-electron chi connectivity index (χ1n) is 9.75. The average molecular weight is 486 g/mol. The van der Waals surface area contributed by atoms with Crippen molar-refractivity contribution in [3.63, 3.8) is 0 Å². The molecule has 4 rings (SSSR count). The van der Waals surface area contributed by atoms with Crippen molar-refractivity contribution in [2.75, 3.05) is 44.3 Å². The Balaban J connectivity index is 1.64. The van der Waals surface area contributed by atoms with Crippen molar-refractivity contribution >= 4 is 55.8 Å². The lowest BCUT2D eigenvalue weighted by molar-refractivity contribution is 0.0376. The van der Waals surface area contributed by atoms with Crippen LogP contribution in [0.1, 0.15) is 16.8 Å². The van der Waals surface area contributed by atoms with E-state index in [0.29, 0.717) is 35.9 Å². The highest BCUT2D eigenvalue weighted by molar-refractivity contribution is 7.22. The van der Waals surface area contributed by atoms with E-state index in [4.69, 9.17) is 27.9 Å². The van der Waals surface area contributed by atoms with E-state index in [-0.39, 0.29) is 21.2 Å². The molecule has 10 heteroatoms. The summed E-state index contributed by atoms with van der Waals surface area (Å²) in [6.45, 7) is 4.14. The molecular weight excluding hydrogens is 467 g/mol. The molecule has 3 aromatic rings. The number of rotatable bonds is 6. The summed E-state index contributed by atoms with van der Waals surface area (Å²) in [5.74, 6) is -1.85. The Kier molecular flexibility index (Phi) is 7.03. The molecule has 1 amide bonds. The van der Waals surface area contributed by atoms with Crippen LogP contribution in [0.2, 0.25) is 10.0 Å². The Bertz CT molecular complexity index is 1110. The Morgan fingerprint density at radius 3 is 2.74 bits per heavy atom. The van der Waals surface area contributed by atoms with E-state index < -0.39 is 17.5 Å². The number of halogens is 4. The first-order chi connectivity index (χ1) is 14.9. The highest BCUT2D eigenvalue weighted by atomic mass is 35.5. The van der Waals surface area contributed by atoms with Gasteiger partial charge in [-0.25, -0.2) is 13.8 Å². The molecule has 0 radical (unpaired) electrons. The van der Waals surface area contributed by atoms with E-state index in [0.717, 1.165) is 37.0 Å². The molecule has 0 bridgehead atoms. The van der Waals surface area contributed by atoms with Crippen molar-refractivity contribution in [2.24, 2.45) is 0 Å². The van der Waals surface area contributed by atoms with Crippen molar-refractivity contribution in [3.8, 4) is 0 Å². The maximum absolute atomic E-state index is 14.2. The number of thiazole rings is 1. The molecule has 0 N–H and O–H groups in total. The number of hydrogen-bond acceptors (Lipinski definition) is 5. The minimum Gasteiger partial charge on any atom is -0.379 e. The number of aromatic nitrogens is 1. The molecule has 0 unspecified atom stereocenters. The zero-order valence-electron chi connectivity index (χ0n) is 16.4. The minimum atomic E-state index is -0.765. The molecule has 0 atom stereocenters. The van der Waals surface area contributed by atoms with Crippen LogP contribution in [0.3, 0.4) is 0 Å². The molecule has 31 heavy (non-hydrogen) atoms. The lowest BCUT2D eigenvalue weighted by Gasteiger charge is -2.27. The number of morpholine rings is 1. The third-order valence-electron chi connectivity index (χ3n) is 5.00. The van der Waals surface area contributed by atoms with Gasteiger partial charge in [-0.15, -0.1) is 0 Å². The van der Waals surface area contributed by atoms with E-state index >= 15 is 0 Å². The van der Waals surface area contributed by atoms with Gasteiger partial charge in [0.15, 0.2) is 10.9 Å². The van der Waals surface area contributed by atoms with Gasteiger partial charge in [0.05, 0.1) is 28.5 Å². The molecule has 1 aromatic heterocycles. The number of fused-ring (bicyclic) bond motifs is 1. The van der Waals surface area contributed by atoms with Crippen molar-refractivity contribution in [2.45, 2.75) is 6.42 Å². The van der Waals surface area contributed by atoms with E-state index in [9.17, 15) is 13.6 Å². The van der Waals surface area contributed by atoms with Gasteiger partial charge in [-0.2, -0.15) is 0 Å². The highest BCUT2D eigenvalue weighted by Gasteiger charge is 2.25. The quantitative estimate of drug-likeness (QED) is 0.478. The van der Waals surface area contributed by atoms with Crippen LogP contribution in [0.15, 0.2) is 30.3 Å². The smallest absolute Gasteiger partial charge is 0.261 e. The Morgan fingerprint density at radius 2 is 1.97 bits per heavy atom. The summed E-state index contributed by atoms with van der Waals surface area (Å²) < 4.78 is 33.5. The SMILES string of the molecule is O=C(c1cc(Cl)ccc1Cl)N(CCCN1CCOCC1)c1nc2c(F)cc(F)cc2s1. The van der Waals surface area contributed by atoms with Gasteiger partial charge in [-0.1, -0.05) is 34.5 Å².